The average molecular weight is 446 g/mol. The van der Waals surface area contributed by atoms with E-state index in [1.54, 1.807) is 7.05 Å². The summed E-state index contributed by atoms with van der Waals surface area (Å²) in [6, 6.07) is 3.78. The molecule has 0 N–H and O–H groups in total. The summed E-state index contributed by atoms with van der Waals surface area (Å²) in [5, 5.41) is 2.61. The predicted octanol–water partition coefficient (Wildman–Crippen LogP) is 2.11. The number of carbonyl (C=O) groups is 1. The maximum atomic E-state index is 12.9. The van der Waals surface area contributed by atoms with Gasteiger partial charge in [-0.25, -0.2) is 14.8 Å². The Morgan fingerprint density at radius 2 is 1.93 bits per heavy atom. The molecule has 4 rings (SSSR count). The van der Waals surface area contributed by atoms with Crippen molar-refractivity contribution in [2.45, 2.75) is 24.8 Å². The molecule has 0 atom stereocenters. The van der Waals surface area contributed by atoms with Gasteiger partial charge in [0.2, 0.25) is 5.91 Å². The van der Waals surface area contributed by atoms with Gasteiger partial charge in [-0.05, 0) is 30.2 Å². The molecule has 1 fully saturated rings. The maximum absolute atomic E-state index is 12.9. The summed E-state index contributed by atoms with van der Waals surface area (Å²) in [6.45, 7) is 3.74. The molecule has 0 saturated carbocycles. The van der Waals surface area contributed by atoms with E-state index in [2.05, 4.69) is 16.9 Å². The van der Waals surface area contributed by atoms with E-state index < -0.39 is 11.2 Å². The lowest BCUT2D eigenvalue weighted by atomic mass is 9.99. The quantitative estimate of drug-likeness (QED) is 0.451. The standard InChI is InChI=1S/C20H23N5O3S2/c1-12-6-8-25(9-7-12)14(26)11-30-18-15-17(23(2)20(28)24(3)19(15)27)21-16(22-18)13-5-4-10-29-13/h4-5,10,12H,6-9,11H2,1-3H3. The molecule has 4 heterocycles. The molecule has 0 aliphatic carbocycles. The molecule has 0 bridgehead atoms. The molecule has 3 aromatic heterocycles. The van der Waals surface area contributed by atoms with Gasteiger partial charge < -0.3 is 4.90 Å². The highest BCUT2D eigenvalue weighted by molar-refractivity contribution is 8.00. The third-order valence-electron chi connectivity index (χ3n) is 5.48. The number of fused-ring (bicyclic) bond motifs is 1. The van der Waals surface area contributed by atoms with E-state index in [-0.39, 0.29) is 22.7 Å². The van der Waals surface area contributed by atoms with Crippen LogP contribution >= 0.6 is 23.1 Å². The molecular weight excluding hydrogens is 422 g/mol. The fourth-order valence-corrected chi connectivity index (χ4v) is 5.10. The summed E-state index contributed by atoms with van der Waals surface area (Å²) in [5.74, 6) is 1.32. The Labute approximate surface area is 181 Å². The molecular formula is C20H23N5O3S2. The summed E-state index contributed by atoms with van der Waals surface area (Å²) in [7, 11) is 3.02. The van der Waals surface area contributed by atoms with Gasteiger partial charge in [-0.3, -0.25) is 18.7 Å². The number of rotatable bonds is 4. The molecule has 0 unspecified atom stereocenters. The number of amides is 1. The fraction of sp³-hybridized carbons (Fsp3) is 0.450. The third-order valence-corrected chi connectivity index (χ3v) is 7.30. The molecule has 1 aliphatic heterocycles. The normalized spacial score (nSPS) is 15.1. The number of carbonyl (C=O) groups excluding carboxylic acids is 1. The minimum absolute atomic E-state index is 0.0398. The minimum atomic E-state index is -0.451. The lowest BCUT2D eigenvalue weighted by molar-refractivity contribution is -0.129. The van der Waals surface area contributed by atoms with Crippen molar-refractivity contribution in [2.24, 2.45) is 20.0 Å². The molecule has 0 radical (unpaired) electrons. The van der Waals surface area contributed by atoms with Crippen molar-refractivity contribution in [2.75, 3.05) is 18.8 Å². The van der Waals surface area contributed by atoms with E-state index in [0.717, 1.165) is 35.4 Å². The van der Waals surface area contributed by atoms with Crippen LogP contribution in [0.3, 0.4) is 0 Å². The van der Waals surface area contributed by atoms with Crippen LogP contribution in [-0.4, -0.2) is 48.8 Å². The number of aromatic nitrogens is 4. The second-order valence-corrected chi connectivity index (χ2v) is 9.50. The van der Waals surface area contributed by atoms with E-state index >= 15 is 0 Å². The van der Waals surface area contributed by atoms with Gasteiger partial charge in [-0.1, -0.05) is 24.8 Å². The predicted molar refractivity (Wildman–Crippen MR) is 119 cm³/mol. The third kappa shape index (κ3) is 3.81. The Morgan fingerprint density at radius 1 is 1.20 bits per heavy atom. The first kappa shape index (κ1) is 20.8. The molecule has 30 heavy (non-hydrogen) atoms. The number of nitrogens with zero attached hydrogens (tertiary/aromatic N) is 5. The average Bonchev–Trinajstić information content (AvgIpc) is 3.29. The summed E-state index contributed by atoms with van der Waals surface area (Å²) in [5.41, 5.74) is -0.617. The van der Waals surface area contributed by atoms with E-state index in [4.69, 9.17) is 0 Å². The number of thioether (sulfide) groups is 1. The van der Waals surface area contributed by atoms with Gasteiger partial charge in [0.25, 0.3) is 5.56 Å². The number of piperidine rings is 1. The first-order valence-corrected chi connectivity index (χ1v) is 11.7. The van der Waals surface area contributed by atoms with Crippen molar-refractivity contribution >= 4 is 40.0 Å². The van der Waals surface area contributed by atoms with Crippen LogP contribution in [0.5, 0.6) is 0 Å². The van der Waals surface area contributed by atoms with Crippen LogP contribution in [0.1, 0.15) is 19.8 Å². The summed E-state index contributed by atoms with van der Waals surface area (Å²) >= 11 is 2.71. The lowest BCUT2D eigenvalue weighted by Crippen LogP contribution is -2.39. The van der Waals surface area contributed by atoms with Gasteiger partial charge in [-0.2, -0.15) is 0 Å². The molecule has 1 aliphatic rings. The smallest absolute Gasteiger partial charge is 0.332 e. The van der Waals surface area contributed by atoms with Gasteiger partial charge >= 0.3 is 5.69 Å². The molecule has 158 valence electrons. The topological polar surface area (TPSA) is 90.1 Å². The first-order valence-electron chi connectivity index (χ1n) is 9.79. The Hall–Kier alpha value is -2.46. The number of hydrogen-bond acceptors (Lipinski definition) is 7. The van der Waals surface area contributed by atoms with E-state index in [9.17, 15) is 14.4 Å². The van der Waals surface area contributed by atoms with Gasteiger partial charge in [0.1, 0.15) is 10.4 Å². The summed E-state index contributed by atoms with van der Waals surface area (Å²) in [6.07, 6.45) is 2.02. The van der Waals surface area contributed by atoms with Crippen molar-refractivity contribution < 1.29 is 4.79 Å². The second kappa shape index (κ2) is 8.35. The Bertz CT molecular complexity index is 1210. The monoisotopic (exact) mass is 445 g/mol. The van der Waals surface area contributed by atoms with Crippen LogP contribution in [0, 0.1) is 5.92 Å². The van der Waals surface area contributed by atoms with Gasteiger partial charge in [0.15, 0.2) is 11.5 Å². The van der Waals surface area contributed by atoms with Crippen molar-refractivity contribution in [3.8, 4) is 10.7 Å². The zero-order valence-corrected chi connectivity index (χ0v) is 18.8. The van der Waals surface area contributed by atoms with Crippen molar-refractivity contribution in [3.05, 3.63) is 38.4 Å². The number of thiophene rings is 1. The van der Waals surface area contributed by atoms with Crippen LogP contribution in [0.15, 0.2) is 32.1 Å². The van der Waals surface area contributed by atoms with Crippen molar-refractivity contribution in [3.63, 3.8) is 0 Å². The Morgan fingerprint density at radius 3 is 2.60 bits per heavy atom. The summed E-state index contributed by atoms with van der Waals surface area (Å²) in [4.78, 5) is 49.8. The van der Waals surface area contributed by atoms with Gasteiger partial charge in [-0.15, -0.1) is 11.3 Å². The van der Waals surface area contributed by atoms with E-state index in [1.807, 2.05) is 22.4 Å². The van der Waals surface area contributed by atoms with Crippen LogP contribution in [0.4, 0.5) is 0 Å². The zero-order chi connectivity index (χ0) is 21.4. The largest absolute Gasteiger partial charge is 0.342 e. The highest BCUT2D eigenvalue weighted by Gasteiger charge is 2.23. The number of hydrogen-bond donors (Lipinski definition) is 0. The number of likely N-dealkylation sites (tertiary alicyclic amines) is 1. The highest BCUT2D eigenvalue weighted by atomic mass is 32.2. The van der Waals surface area contributed by atoms with Crippen LogP contribution in [0.2, 0.25) is 0 Å². The SMILES string of the molecule is CC1CCN(C(=O)CSc2nc(-c3cccs3)nc3c2c(=O)n(C)c(=O)n3C)CC1. The molecule has 1 amide bonds. The van der Waals surface area contributed by atoms with Crippen molar-refractivity contribution in [1.29, 1.82) is 0 Å². The van der Waals surface area contributed by atoms with Crippen molar-refractivity contribution in [1.82, 2.24) is 24.0 Å². The maximum Gasteiger partial charge on any atom is 0.332 e. The lowest BCUT2D eigenvalue weighted by Gasteiger charge is -2.30. The van der Waals surface area contributed by atoms with Crippen LogP contribution in [0.25, 0.3) is 21.7 Å². The highest BCUT2D eigenvalue weighted by Crippen LogP contribution is 2.28. The van der Waals surface area contributed by atoms with Gasteiger partial charge in [0, 0.05) is 27.2 Å². The zero-order valence-electron chi connectivity index (χ0n) is 17.1. The molecule has 0 aromatic carbocycles. The van der Waals surface area contributed by atoms with E-state index in [0.29, 0.717) is 16.8 Å². The fourth-order valence-electron chi connectivity index (χ4n) is 3.53. The molecule has 1 saturated heterocycles. The summed E-state index contributed by atoms with van der Waals surface area (Å²) < 4.78 is 2.40. The van der Waals surface area contributed by atoms with Crippen LogP contribution in [-0.2, 0) is 18.9 Å². The van der Waals surface area contributed by atoms with Crippen LogP contribution < -0.4 is 11.2 Å². The Kier molecular flexibility index (Phi) is 5.79. The molecule has 8 nitrogen and oxygen atoms in total. The van der Waals surface area contributed by atoms with E-state index in [1.165, 1.54) is 34.7 Å². The Balaban J connectivity index is 1.75. The minimum Gasteiger partial charge on any atom is -0.342 e. The molecule has 3 aromatic rings. The van der Waals surface area contributed by atoms with Gasteiger partial charge in [0.05, 0.1) is 10.6 Å². The first-order chi connectivity index (χ1) is 14.4. The second-order valence-electron chi connectivity index (χ2n) is 7.59. The number of aryl methyl sites for hydroxylation is 1. The molecule has 10 heteroatoms. The molecule has 0 spiro atoms.